The third-order valence-electron chi connectivity index (χ3n) is 2.93. The first kappa shape index (κ1) is 15.1. The van der Waals surface area contributed by atoms with E-state index in [1.807, 2.05) is 13.0 Å². The lowest BCUT2D eigenvalue weighted by atomic mass is 10.00. The quantitative estimate of drug-likeness (QED) is 0.881. The van der Waals surface area contributed by atoms with Crippen molar-refractivity contribution >= 4 is 15.9 Å². The van der Waals surface area contributed by atoms with Crippen LogP contribution in [0.25, 0.3) is 0 Å². The lowest BCUT2D eigenvalue weighted by Crippen LogP contribution is -2.23. The summed E-state index contributed by atoms with van der Waals surface area (Å²) in [5.41, 5.74) is 1.42. The number of aromatic nitrogens is 1. The van der Waals surface area contributed by atoms with Crippen molar-refractivity contribution in [2.24, 2.45) is 0 Å². The maximum absolute atomic E-state index is 13.7. The monoisotopic (exact) mass is 340 g/mol. The Bertz CT molecular complexity index is 590. The Morgan fingerprint density at radius 3 is 2.65 bits per heavy atom. The standard InChI is InChI=1S/C15H15BrF2N2/c1-2-5-20-15(11-6-12(17)9-19-8-11)10-3-4-13(16)14(18)7-10/h3-4,6-9,15,20H,2,5H2,1H3. The van der Waals surface area contributed by atoms with Gasteiger partial charge >= 0.3 is 0 Å². The number of halogens is 3. The highest BCUT2D eigenvalue weighted by Gasteiger charge is 2.16. The van der Waals surface area contributed by atoms with Gasteiger partial charge in [0.25, 0.3) is 0 Å². The second kappa shape index (κ2) is 6.90. The van der Waals surface area contributed by atoms with Gasteiger partial charge in [0.05, 0.1) is 16.7 Å². The van der Waals surface area contributed by atoms with Crippen LogP contribution in [0.2, 0.25) is 0 Å². The zero-order valence-corrected chi connectivity index (χ0v) is 12.6. The molecule has 1 N–H and O–H groups in total. The summed E-state index contributed by atoms with van der Waals surface area (Å²) in [4.78, 5) is 3.86. The van der Waals surface area contributed by atoms with Crippen LogP contribution < -0.4 is 5.32 Å². The maximum atomic E-state index is 13.7. The molecule has 0 aliphatic rings. The van der Waals surface area contributed by atoms with E-state index in [4.69, 9.17) is 0 Å². The second-order valence-electron chi connectivity index (χ2n) is 4.50. The molecule has 2 nitrogen and oxygen atoms in total. The first-order valence-corrected chi connectivity index (χ1v) is 7.20. The molecule has 0 spiro atoms. The SMILES string of the molecule is CCCNC(c1cncc(F)c1)c1ccc(Br)c(F)c1. The van der Waals surface area contributed by atoms with E-state index in [1.54, 1.807) is 12.3 Å². The number of nitrogens with one attached hydrogen (secondary N) is 1. The van der Waals surface area contributed by atoms with Crippen LogP contribution in [-0.4, -0.2) is 11.5 Å². The van der Waals surface area contributed by atoms with Crippen molar-refractivity contribution in [2.45, 2.75) is 19.4 Å². The van der Waals surface area contributed by atoms with Crippen LogP contribution in [0, 0.1) is 11.6 Å². The van der Waals surface area contributed by atoms with Crippen molar-refractivity contribution in [3.63, 3.8) is 0 Å². The van der Waals surface area contributed by atoms with Gasteiger partial charge in [0.1, 0.15) is 11.6 Å². The van der Waals surface area contributed by atoms with Crippen molar-refractivity contribution in [1.82, 2.24) is 10.3 Å². The molecule has 0 aliphatic heterocycles. The number of hydrogen-bond acceptors (Lipinski definition) is 2. The normalized spacial score (nSPS) is 12.4. The van der Waals surface area contributed by atoms with Gasteiger partial charge in [0.2, 0.25) is 0 Å². The highest BCUT2D eigenvalue weighted by molar-refractivity contribution is 9.10. The van der Waals surface area contributed by atoms with E-state index in [0.29, 0.717) is 10.0 Å². The Hall–Kier alpha value is -1.33. The van der Waals surface area contributed by atoms with Crippen LogP contribution in [0.3, 0.4) is 0 Å². The van der Waals surface area contributed by atoms with Crippen LogP contribution in [0.5, 0.6) is 0 Å². The molecule has 1 atom stereocenters. The molecule has 0 aliphatic carbocycles. The number of hydrogen-bond donors (Lipinski definition) is 1. The zero-order valence-electron chi connectivity index (χ0n) is 11.0. The Morgan fingerprint density at radius 2 is 2.00 bits per heavy atom. The Morgan fingerprint density at radius 1 is 1.20 bits per heavy atom. The summed E-state index contributed by atoms with van der Waals surface area (Å²) in [7, 11) is 0. The number of rotatable bonds is 5. The second-order valence-corrected chi connectivity index (χ2v) is 5.35. The van der Waals surface area contributed by atoms with Gasteiger partial charge < -0.3 is 5.32 Å². The van der Waals surface area contributed by atoms with Gasteiger partial charge in [-0.3, -0.25) is 4.98 Å². The van der Waals surface area contributed by atoms with Crippen LogP contribution in [-0.2, 0) is 0 Å². The average Bonchev–Trinajstić information content (AvgIpc) is 2.43. The van der Waals surface area contributed by atoms with E-state index in [0.717, 1.165) is 24.7 Å². The molecule has 1 aromatic carbocycles. The van der Waals surface area contributed by atoms with Gasteiger partial charge in [-0.25, -0.2) is 8.78 Å². The maximum Gasteiger partial charge on any atom is 0.141 e. The minimum Gasteiger partial charge on any atom is -0.306 e. The van der Waals surface area contributed by atoms with Gasteiger partial charge in [0, 0.05) is 6.20 Å². The molecule has 1 unspecified atom stereocenters. The van der Waals surface area contributed by atoms with Crippen molar-refractivity contribution in [3.8, 4) is 0 Å². The fourth-order valence-electron chi connectivity index (χ4n) is 1.99. The molecule has 0 saturated heterocycles. The molecule has 2 rings (SSSR count). The number of benzene rings is 1. The van der Waals surface area contributed by atoms with Gasteiger partial charge in [-0.2, -0.15) is 0 Å². The van der Waals surface area contributed by atoms with Gasteiger partial charge in [-0.1, -0.05) is 13.0 Å². The molecule has 20 heavy (non-hydrogen) atoms. The average molecular weight is 341 g/mol. The van der Waals surface area contributed by atoms with E-state index in [9.17, 15) is 8.78 Å². The fraction of sp³-hybridized carbons (Fsp3) is 0.267. The predicted molar refractivity (Wildman–Crippen MR) is 78.4 cm³/mol. The molecule has 1 aromatic heterocycles. The van der Waals surface area contributed by atoms with Crippen LogP contribution in [0.4, 0.5) is 8.78 Å². The van der Waals surface area contributed by atoms with Crippen molar-refractivity contribution in [1.29, 1.82) is 0 Å². The molecule has 0 bridgehead atoms. The molecule has 2 aromatic rings. The summed E-state index contributed by atoms with van der Waals surface area (Å²) in [5.74, 6) is -0.737. The lowest BCUT2D eigenvalue weighted by Gasteiger charge is -2.19. The van der Waals surface area contributed by atoms with E-state index >= 15 is 0 Å². The Balaban J connectivity index is 2.38. The first-order chi connectivity index (χ1) is 9.61. The van der Waals surface area contributed by atoms with Gasteiger partial charge in [-0.05, 0) is 58.2 Å². The largest absolute Gasteiger partial charge is 0.306 e. The van der Waals surface area contributed by atoms with Gasteiger partial charge in [0.15, 0.2) is 0 Å². The first-order valence-electron chi connectivity index (χ1n) is 6.40. The molecular weight excluding hydrogens is 326 g/mol. The smallest absolute Gasteiger partial charge is 0.141 e. The van der Waals surface area contributed by atoms with E-state index in [1.165, 1.54) is 12.1 Å². The number of pyridine rings is 1. The molecule has 106 valence electrons. The van der Waals surface area contributed by atoms with E-state index < -0.39 is 5.82 Å². The van der Waals surface area contributed by atoms with Crippen molar-refractivity contribution < 1.29 is 8.78 Å². The fourth-order valence-corrected chi connectivity index (χ4v) is 2.24. The summed E-state index contributed by atoms with van der Waals surface area (Å²) in [6.45, 7) is 2.79. The highest BCUT2D eigenvalue weighted by Crippen LogP contribution is 2.25. The summed E-state index contributed by atoms with van der Waals surface area (Å²) in [6.07, 6.45) is 3.68. The molecule has 0 fully saturated rings. The minimum atomic E-state index is -0.400. The Kier molecular flexibility index (Phi) is 5.20. The van der Waals surface area contributed by atoms with E-state index in [2.05, 4.69) is 26.2 Å². The summed E-state index contributed by atoms with van der Waals surface area (Å²) >= 11 is 3.13. The predicted octanol–water partition coefficient (Wildman–Crippen LogP) is 4.21. The Labute approximate surface area is 125 Å². The zero-order chi connectivity index (χ0) is 14.5. The van der Waals surface area contributed by atoms with Crippen LogP contribution in [0.1, 0.15) is 30.5 Å². The molecule has 5 heteroatoms. The van der Waals surface area contributed by atoms with Crippen LogP contribution in [0.15, 0.2) is 41.1 Å². The molecule has 1 heterocycles. The summed E-state index contributed by atoms with van der Waals surface area (Å²) in [6, 6.07) is 6.05. The van der Waals surface area contributed by atoms with E-state index in [-0.39, 0.29) is 11.9 Å². The van der Waals surface area contributed by atoms with Gasteiger partial charge in [-0.15, -0.1) is 0 Å². The van der Waals surface area contributed by atoms with Crippen molar-refractivity contribution in [2.75, 3.05) is 6.54 Å². The van der Waals surface area contributed by atoms with Crippen molar-refractivity contribution in [3.05, 3.63) is 63.9 Å². The lowest BCUT2D eigenvalue weighted by molar-refractivity contribution is 0.572. The molecule has 0 amide bonds. The molecule has 0 saturated carbocycles. The molecular formula is C15H15BrF2N2. The summed E-state index contributed by atoms with van der Waals surface area (Å²) in [5, 5.41) is 3.29. The topological polar surface area (TPSA) is 24.9 Å². The summed E-state index contributed by atoms with van der Waals surface area (Å²) < 4.78 is 27.4. The molecule has 0 radical (unpaired) electrons. The number of nitrogens with zero attached hydrogens (tertiary/aromatic N) is 1. The third-order valence-corrected chi connectivity index (χ3v) is 3.58. The van der Waals surface area contributed by atoms with Crippen LogP contribution >= 0.6 is 15.9 Å². The highest BCUT2D eigenvalue weighted by atomic mass is 79.9. The minimum absolute atomic E-state index is 0.277. The third kappa shape index (κ3) is 3.61.